The molecule has 0 unspecified atom stereocenters. The van der Waals surface area contributed by atoms with Crippen molar-refractivity contribution in [2.45, 2.75) is 13.0 Å². The van der Waals surface area contributed by atoms with Crippen LogP contribution in [-0.4, -0.2) is 21.6 Å². The summed E-state index contributed by atoms with van der Waals surface area (Å²) in [6.07, 6.45) is 2.39. The van der Waals surface area contributed by atoms with Gasteiger partial charge in [0, 0.05) is 24.9 Å². The summed E-state index contributed by atoms with van der Waals surface area (Å²) < 4.78 is 0. The van der Waals surface area contributed by atoms with Crippen LogP contribution in [0.15, 0.2) is 29.2 Å². The molecule has 2 rings (SSSR count). The molecule has 0 aliphatic carbocycles. The van der Waals surface area contributed by atoms with E-state index in [1.54, 1.807) is 17.4 Å². The van der Waals surface area contributed by atoms with Gasteiger partial charge >= 0.3 is 0 Å². The Hall–Kier alpha value is -1.46. The van der Waals surface area contributed by atoms with E-state index in [0.717, 1.165) is 24.4 Å². The largest absolute Gasteiger partial charge is 0.506 e. The Morgan fingerprint density at radius 2 is 2.19 bits per heavy atom. The first-order chi connectivity index (χ1) is 7.84. The molecular formula is C11H13N3OS. The molecule has 0 aliphatic heterocycles. The molecule has 0 spiro atoms. The summed E-state index contributed by atoms with van der Waals surface area (Å²) >= 11 is 1.62. The lowest BCUT2D eigenvalue weighted by atomic mass is 10.3. The maximum absolute atomic E-state index is 9.06. The van der Waals surface area contributed by atoms with Gasteiger partial charge in [-0.3, -0.25) is 4.98 Å². The number of hydrogen-bond acceptors (Lipinski definition) is 5. The van der Waals surface area contributed by atoms with Crippen molar-refractivity contribution in [3.05, 3.63) is 40.6 Å². The van der Waals surface area contributed by atoms with Gasteiger partial charge in [-0.15, -0.1) is 11.3 Å². The van der Waals surface area contributed by atoms with Crippen LogP contribution in [0, 0.1) is 0 Å². The van der Waals surface area contributed by atoms with Crippen molar-refractivity contribution in [1.29, 1.82) is 0 Å². The van der Waals surface area contributed by atoms with Gasteiger partial charge in [0.1, 0.15) is 5.75 Å². The highest BCUT2D eigenvalue weighted by molar-refractivity contribution is 7.07. The second kappa shape index (κ2) is 5.58. The van der Waals surface area contributed by atoms with Crippen molar-refractivity contribution in [1.82, 2.24) is 15.3 Å². The van der Waals surface area contributed by atoms with E-state index in [2.05, 4.69) is 20.7 Å². The Morgan fingerprint density at radius 1 is 1.25 bits per heavy atom. The zero-order valence-corrected chi connectivity index (χ0v) is 9.57. The van der Waals surface area contributed by atoms with Crippen LogP contribution in [0.4, 0.5) is 0 Å². The van der Waals surface area contributed by atoms with Crippen molar-refractivity contribution in [2.75, 3.05) is 6.54 Å². The van der Waals surface area contributed by atoms with E-state index in [9.17, 15) is 0 Å². The average Bonchev–Trinajstić information content (AvgIpc) is 2.80. The van der Waals surface area contributed by atoms with Gasteiger partial charge in [-0.2, -0.15) is 0 Å². The fourth-order valence-electron chi connectivity index (χ4n) is 1.32. The quantitative estimate of drug-likeness (QED) is 0.772. The summed E-state index contributed by atoms with van der Waals surface area (Å²) in [4.78, 5) is 8.29. The summed E-state index contributed by atoms with van der Waals surface area (Å²) in [5.74, 6) is 0.200. The Balaban J connectivity index is 1.70. The minimum atomic E-state index is 0.200. The Kier molecular flexibility index (Phi) is 3.85. The number of rotatable bonds is 5. The molecule has 0 saturated carbocycles. The maximum atomic E-state index is 9.06. The van der Waals surface area contributed by atoms with Crippen LogP contribution in [-0.2, 0) is 13.0 Å². The van der Waals surface area contributed by atoms with Crippen molar-refractivity contribution < 1.29 is 5.11 Å². The monoisotopic (exact) mass is 235 g/mol. The van der Waals surface area contributed by atoms with Crippen molar-refractivity contribution in [3.63, 3.8) is 0 Å². The van der Waals surface area contributed by atoms with Gasteiger partial charge in [-0.25, -0.2) is 4.98 Å². The number of nitrogens with zero attached hydrogens (tertiary/aromatic N) is 2. The molecule has 16 heavy (non-hydrogen) atoms. The molecule has 0 bridgehead atoms. The van der Waals surface area contributed by atoms with Crippen LogP contribution in [0.3, 0.4) is 0 Å². The zero-order chi connectivity index (χ0) is 11.2. The first-order valence-corrected chi connectivity index (χ1v) is 6.00. The van der Waals surface area contributed by atoms with E-state index in [4.69, 9.17) is 5.11 Å². The van der Waals surface area contributed by atoms with E-state index in [1.807, 2.05) is 11.6 Å². The van der Waals surface area contributed by atoms with E-state index in [1.165, 1.54) is 6.20 Å². The fourth-order valence-corrected chi connectivity index (χ4v) is 1.91. The lowest BCUT2D eigenvalue weighted by Gasteiger charge is -2.02. The molecule has 0 atom stereocenters. The molecule has 0 amide bonds. The van der Waals surface area contributed by atoms with Gasteiger partial charge in [0.15, 0.2) is 0 Å². The van der Waals surface area contributed by atoms with Crippen LogP contribution < -0.4 is 5.32 Å². The van der Waals surface area contributed by atoms with Gasteiger partial charge in [0.25, 0.3) is 0 Å². The van der Waals surface area contributed by atoms with E-state index >= 15 is 0 Å². The van der Waals surface area contributed by atoms with E-state index in [-0.39, 0.29) is 5.75 Å². The van der Waals surface area contributed by atoms with E-state index < -0.39 is 0 Å². The number of hydrogen-bond donors (Lipinski definition) is 2. The SMILES string of the molecule is Oc1ccc(CNCCc2cscn2)nc1. The van der Waals surface area contributed by atoms with E-state index in [0.29, 0.717) is 6.54 Å². The van der Waals surface area contributed by atoms with Crippen LogP contribution in [0.2, 0.25) is 0 Å². The molecule has 4 nitrogen and oxygen atoms in total. The molecule has 2 heterocycles. The predicted octanol–water partition coefficient (Wildman–Crippen LogP) is 1.58. The minimum Gasteiger partial charge on any atom is -0.506 e. The minimum absolute atomic E-state index is 0.200. The normalized spacial score (nSPS) is 10.5. The molecule has 0 saturated heterocycles. The molecule has 0 aliphatic rings. The predicted molar refractivity (Wildman–Crippen MR) is 63.4 cm³/mol. The van der Waals surface area contributed by atoms with Crippen LogP contribution in [0.5, 0.6) is 5.75 Å². The van der Waals surface area contributed by atoms with Gasteiger partial charge in [0.05, 0.1) is 23.1 Å². The van der Waals surface area contributed by atoms with Gasteiger partial charge in [-0.05, 0) is 12.1 Å². The lowest BCUT2D eigenvalue weighted by molar-refractivity contribution is 0.471. The Morgan fingerprint density at radius 3 is 2.88 bits per heavy atom. The number of pyridine rings is 1. The van der Waals surface area contributed by atoms with Crippen LogP contribution in [0.1, 0.15) is 11.4 Å². The highest BCUT2D eigenvalue weighted by Crippen LogP contribution is 2.05. The summed E-state index contributed by atoms with van der Waals surface area (Å²) in [5.41, 5.74) is 3.89. The molecule has 2 aromatic heterocycles. The topological polar surface area (TPSA) is 58.0 Å². The second-order valence-electron chi connectivity index (χ2n) is 3.41. The third-order valence-corrected chi connectivity index (χ3v) is 2.79. The summed E-state index contributed by atoms with van der Waals surface area (Å²) in [5, 5.41) is 14.4. The molecule has 0 fully saturated rings. The number of aromatic nitrogens is 2. The number of thiazole rings is 1. The van der Waals surface area contributed by atoms with Crippen molar-refractivity contribution in [2.24, 2.45) is 0 Å². The smallest absolute Gasteiger partial charge is 0.133 e. The van der Waals surface area contributed by atoms with Crippen molar-refractivity contribution in [3.8, 4) is 5.75 Å². The fraction of sp³-hybridized carbons (Fsp3) is 0.273. The Labute approximate surface area is 98.0 Å². The number of nitrogens with one attached hydrogen (secondary N) is 1. The highest BCUT2D eigenvalue weighted by Gasteiger charge is 1.96. The third-order valence-electron chi connectivity index (χ3n) is 2.16. The summed E-state index contributed by atoms with van der Waals surface area (Å²) in [7, 11) is 0. The molecule has 84 valence electrons. The standard InChI is InChI=1S/C11H13N3OS/c15-11-2-1-9(13-6-11)5-12-4-3-10-7-16-8-14-10/h1-2,6-8,12,15H,3-5H2. The highest BCUT2D eigenvalue weighted by atomic mass is 32.1. The molecule has 5 heteroatoms. The van der Waals surface area contributed by atoms with Crippen molar-refractivity contribution >= 4 is 11.3 Å². The Bertz CT molecular complexity index is 413. The van der Waals surface area contributed by atoms with Crippen LogP contribution in [0.25, 0.3) is 0 Å². The average molecular weight is 235 g/mol. The molecule has 2 aromatic rings. The maximum Gasteiger partial charge on any atom is 0.133 e. The first-order valence-electron chi connectivity index (χ1n) is 5.06. The lowest BCUT2D eigenvalue weighted by Crippen LogP contribution is -2.17. The second-order valence-corrected chi connectivity index (χ2v) is 4.13. The number of aromatic hydroxyl groups is 1. The van der Waals surface area contributed by atoms with Gasteiger partial charge < -0.3 is 10.4 Å². The summed E-state index contributed by atoms with van der Waals surface area (Å²) in [6.45, 7) is 1.59. The zero-order valence-electron chi connectivity index (χ0n) is 8.76. The van der Waals surface area contributed by atoms with Gasteiger partial charge in [0.2, 0.25) is 0 Å². The third kappa shape index (κ3) is 3.29. The molecular weight excluding hydrogens is 222 g/mol. The first kappa shape index (κ1) is 11.0. The molecule has 0 radical (unpaired) electrons. The van der Waals surface area contributed by atoms with Gasteiger partial charge in [-0.1, -0.05) is 0 Å². The van der Waals surface area contributed by atoms with Crippen LogP contribution >= 0.6 is 11.3 Å². The molecule has 0 aromatic carbocycles. The molecule has 2 N–H and O–H groups in total. The summed E-state index contributed by atoms with van der Waals surface area (Å²) in [6, 6.07) is 3.45.